The summed E-state index contributed by atoms with van der Waals surface area (Å²) in [6.45, 7) is 5.12. The van der Waals surface area contributed by atoms with E-state index in [0.717, 1.165) is 11.4 Å². The Labute approximate surface area is 101 Å². The molecule has 4 heteroatoms. The lowest BCUT2D eigenvalue weighted by Gasteiger charge is -2.22. The molecule has 0 aromatic heterocycles. The van der Waals surface area contributed by atoms with E-state index in [9.17, 15) is 0 Å². The van der Waals surface area contributed by atoms with Gasteiger partial charge in [-0.1, -0.05) is 12.1 Å². The summed E-state index contributed by atoms with van der Waals surface area (Å²) in [4.78, 5) is 2.02. The zero-order valence-corrected chi connectivity index (χ0v) is 10.3. The van der Waals surface area contributed by atoms with Crippen LogP contribution in [0.1, 0.15) is 13.8 Å². The SMILES string of the molecule is CCOc1ccccc1N(CC)C(=S)C#N. The Bertz CT molecular complexity index is 412. The van der Waals surface area contributed by atoms with Gasteiger partial charge in [-0.05, 0) is 38.2 Å². The van der Waals surface area contributed by atoms with Gasteiger partial charge in [0.25, 0.3) is 0 Å². The minimum absolute atomic E-state index is 0.259. The number of nitrogens with zero attached hydrogens (tertiary/aromatic N) is 2. The van der Waals surface area contributed by atoms with E-state index in [4.69, 9.17) is 22.2 Å². The summed E-state index contributed by atoms with van der Waals surface area (Å²) in [5.74, 6) is 0.754. The average molecular weight is 234 g/mol. The lowest BCUT2D eigenvalue weighted by atomic mass is 10.2. The number of anilines is 1. The van der Waals surface area contributed by atoms with Crippen molar-refractivity contribution in [1.29, 1.82) is 5.26 Å². The lowest BCUT2D eigenvalue weighted by Crippen LogP contribution is -2.28. The molecule has 1 aromatic rings. The Kier molecular flexibility index (Phi) is 4.74. The second kappa shape index (κ2) is 6.09. The number of ether oxygens (including phenoxy) is 1. The van der Waals surface area contributed by atoms with Crippen LogP contribution in [0.2, 0.25) is 0 Å². The second-order valence-electron chi connectivity index (χ2n) is 3.06. The number of thiocarbonyl (C=S) groups is 1. The molecule has 1 rings (SSSR count). The molecule has 0 unspecified atom stereocenters. The van der Waals surface area contributed by atoms with E-state index < -0.39 is 0 Å². The first-order valence-corrected chi connectivity index (χ1v) is 5.58. The maximum Gasteiger partial charge on any atom is 0.185 e. The molecule has 0 fully saturated rings. The molecular weight excluding hydrogens is 220 g/mol. The van der Waals surface area contributed by atoms with Crippen LogP contribution in [0.15, 0.2) is 24.3 Å². The quantitative estimate of drug-likeness (QED) is 0.751. The van der Waals surface area contributed by atoms with Crippen molar-refractivity contribution >= 4 is 22.9 Å². The Morgan fingerprint density at radius 2 is 2.12 bits per heavy atom. The summed E-state index contributed by atoms with van der Waals surface area (Å²) in [5, 5.41) is 8.84. The van der Waals surface area contributed by atoms with Crippen molar-refractivity contribution in [2.24, 2.45) is 0 Å². The van der Waals surface area contributed by atoms with Crippen LogP contribution in [0, 0.1) is 11.3 Å². The highest BCUT2D eigenvalue weighted by atomic mass is 32.1. The molecule has 0 amide bonds. The molecule has 0 aliphatic heterocycles. The fourth-order valence-corrected chi connectivity index (χ4v) is 1.67. The van der Waals surface area contributed by atoms with Gasteiger partial charge < -0.3 is 9.64 Å². The molecule has 0 heterocycles. The van der Waals surface area contributed by atoms with Gasteiger partial charge in [0.05, 0.1) is 12.3 Å². The third-order valence-corrected chi connectivity index (χ3v) is 2.42. The highest BCUT2D eigenvalue weighted by molar-refractivity contribution is 7.81. The van der Waals surface area contributed by atoms with E-state index in [1.54, 1.807) is 4.90 Å². The molecule has 0 aliphatic carbocycles. The van der Waals surface area contributed by atoms with E-state index in [1.807, 2.05) is 44.2 Å². The first kappa shape index (κ1) is 12.5. The monoisotopic (exact) mass is 234 g/mol. The third-order valence-electron chi connectivity index (χ3n) is 2.11. The van der Waals surface area contributed by atoms with Crippen LogP contribution >= 0.6 is 12.2 Å². The third kappa shape index (κ3) is 2.71. The summed E-state index contributed by atoms with van der Waals surface area (Å²) >= 11 is 5.01. The minimum Gasteiger partial charge on any atom is -0.492 e. The number of benzene rings is 1. The molecule has 0 atom stereocenters. The van der Waals surface area contributed by atoms with Gasteiger partial charge in [0.1, 0.15) is 11.8 Å². The van der Waals surface area contributed by atoms with Crippen molar-refractivity contribution in [1.82, 2.24) is 0 Å². The Hall–Kier alpha value is -1.60. The van der Waals surface area contributed by atoms with Gasteiger partial charge in [0, 0.05) is 6.54 Å². The van der Waals surface area contributed by atoms with E-state index >= 15 is 0 Å². The van der Waals surface area contributed by atoms with Crippen molar-refractivity contribution < 1.29 is 4.74 Å². The molecule has 84 valence electrons. The zero-order chi connectivity index (χ0) is 12.0. The van der Waals surface area contributed by atoms with Crippen LogP contribution in [0.3, 0.4) is 0 Å². The van der Waals surface area contributed by atoms with Crippen molar-refractivity contribution in [3.63, 3.8) is 0 Å². The summed E-state index contributed by atoms with van der Waals surface area (Å²) in [6.07, 6.45) is 0. The molecule has 0 saturated heterocycles. The molecule has 0 bridgehead atoms. The van der Waals surface area contributed by atoms with Gasteiger partial charge in [-0.15, -0.1) is 0 Å². The van der Waals surface area contributed by atoms with Crippen molar-refractivity contribution in [2.45, 2.75) is 13.8 Å². The van der Waals surface area contributed by atoms with E-state index in [2.05, 4.69) is 0 Å². The van der Waals surface area contributed by atoms with Crippen molar-refractivity contribution in [2.75, 3.05) is 18.1 Å². The normalized spacial score (nSPS) is 9.31. The zero-order valence-electron chi connectivity index (χ0n) is 9.43. The molecule has 3 nitrogen and oxygen atoms in total. The van der Waals surface area contributed by atoms with Crippen LogP contribution in [0.25, 0.3) is 0 Å². The van der Waals surface area contributed by atoms with Crippen LogP contribution in [0.5, 0.6) is 5.75 Å². The smallest absolute Gasteiger partial charge is 0.185 e. The summed E-state index contributed by atoms with van der Waals surface area (Å²) < 4.78 is 5.50. The number of hydrogen-bond acceptors (Lipinski definition) is 3. The molecule has 0 aliphatic rings. The first-order chi connectivity index (χ1) is 7.74. The molecular formula is C12H14N2OS. The highest BCUT2D eigenvalue weighted by Gasteiger charge is 2.13. The number of hydrogen-bond donors (Lipinski definition) is 0. The average Bonchev–Trinajstić information content (AvgIpc) is 2.32. The summed E-state index contributed by atoms with van der Waals surface area (Å²) in [7, 11) is 0. The Morgan fingerprint density at radius 3 is 2.69 bits per heavy atom. The van der Waals surface area contributed by atoms with Crippen molar-refractivity contribution in [3.8, 4) is 11.8 Å². The lowest BCUT2D eigenvalue weighted by molar-refractivity contribution is 0.341. The first-order valence-electron chi connectivity index (χ1n) is 5.18. The fraction of sp³-hybridized carbons (Fsp3) is 0.333. The predicted octanol–water partition coefficient (Wildman–Crippen LogP) is 2.76. The van der Waals surface area contributed by atoms with Crippen LogP contribution in [-0.4, -0.2) is 18.1 Å². The molecule has 1 aromatic carbocycles. The van der Waals surface area contributed by atoms with Crippen LogP contribution in [0.4, 0.5) is 5.69 Å². The van der Waals surface area contributed by atoms with Gasteiger partial charge in [-0.2, -0.15) is 5.26 Å². The van der Waals surface area contributed by atoms with Crippen LogP contribution < -0.4 is 9.64 Å². The standard InChI is InChI=1S/C12H14N2OS/c1-3-14(12(16)9-13)10-7-5-6-8-11(10)15-4-2/h5-8H,3-4H2,1-2H3. The number of para-hydroxylation sites is 2. The van der Waals surface area contributed by atoms with E-state index in [0.29, 0.717) is 13.2 Å². The molecule has 0 spiro atoms. The van der Waals surface area contributed by atoms with E-state index in [-0.39, 0.29) is 4.99 Å². The number of nitriles is 1. The summed E-state index contributed by atoms with van der Waals surface area (Å²) in [6, 6.07) is 9.57. The fourth-order valence-electron chi connectivity index (χ4n) is 1.44. The van der Waals surface area contributed by atoms with Gasteiger partial charge >= 0.3 is 0 Å². The predicted molar refractivity (Wildman–Crippen MR) is 68.8 cm³/mol. The maximum absolute atomic E-state index is 8.84. The summed E-state index contributed by atoms with van der Waals surface area (Å²) in [5.41, 5.74) is 0.846. The minimum atomic E-state index is 0.259. The molecule has 16 heavy (non-hydrogen) atoms. The Balaban J connectivity index is 3.09. The second-order valence-corrected chi connectivity index (χ2v) is 3.45. The number of rotatable bonds is 4. The molecule has 0 N–H and O–H groups in total. The van der Waals surface area contributed by atoms with Gasteiger partial charge in [-0.3, -0.25) is 0 Å². The van der Waals surface area contributed by atoms with E-state index in [1.165, 1.54) is 0 Å². The largest absolute Gasteiger partial charge is 0.492 e. The van der Waals surface area contributed by atoms with Crippen molar-refractivity contribution in [3.05, 3.63) is 24.3 Å². The Morgan fingerprint density at radius 1 is 1.44 bits per heavy atom. The highest BCUT2D eigenvalue weighted by Crippen LogP contribution is 2.28. The maximum atomic E-state index is 8.84. The molecule has 0 radical (unpaired) electrons. The molecule has 0 saturated carbocycles. The van der Waals surface area contributed by atoms with Gasteiger partial charge in [-0.25, -0.2) is 0 Å². The topological polar surface area (TPSA) is 36.3 Å². The van der Waals surface area contributed by atoms with Gasteiger partial charge in [0.15, 0.2) is 4.99 Å². The van der Waals surface area contributed by atoms with Crippen LogP contribution in [-0.2, 0) is 0 Å². The van der Waals surface area contributed by atoms with Gasteiger partial charge in [0.2, 0.25) is 0 Å².